The van der Waals surface area contributed by atoms with E-state index in [0.717, 1.165) is 34.8 Å². The molecule has 4 aromatic rings. The first-order chi connectivity index (χ1) is 21.9. The fraction of sp³-hybridized carbons (Fsp3) is 0.0769. The average molecular weight is 818 g/mol. The molecule has 0 aliphatic rings. The first-order valence-corrected chi connectivity index (χ1v) is 15.5. The Kier molecular flexibility index (Phi) is 14.4. The van der Waals surface area contributed by atoms with Crippen LogP contribution in [0.2, 0.25) is 0 Å². The number of non-ortho nitro benzene ring substituents is 2. The Hall–Kier alpha value is -4.96. The molecular weight excluding hydrogens is 796 g/mol. The molecule has 0 unspecified atom stereocenters. The van der Waals surface area contributed by atoms with Gasteiger partial charge in [0, 0.05) is 46.2 Å². The van der Waals surface area contributed by atoms with E-state index in [1.165, 1.54) is 50.6 Å². The van der Waals surface area contributed by atoms with Crippen LogP contribution in [0.3, 0.4) is 0 Å². The van der Waals surface area contributed by atoms with Crippen LogP contribution in [-0.2, 0) is 0 Å². The molecule has 0 fully saturated rings. The van der Waals surface area contributed by atoms with E-state index in [4.69, 9.17) is 9.47 Å². The number of carbonyl (C=O) groups excluding carboxylic acids is 4. The van der Waals surface area contributed by atoms with Gasteiger partial charge in [-0.1, -0.05) is 12.1 Å². The van der Waals surface area contributed by atoms with Crippen LogP contribution in [0.1, 0.15) is 40.1 Å². The second kappa shape index (κ2) is 17.7. The summed E-state index contributed by atoms with van der Waals surface area (Å²) in [5.74, 6) is -1.74. The highest BCUT2D eigenvalue weighted by Gasteiger charge is 2.20. The van der Waals surface area contributed by atoms with Crippen LogP contribution in [0.15, 0.2) is 68.2 Å². The molecule has 0 saturated heterocycles. The lowest BCUT2D eigenvalue weighted by Crippen LogP contribution is -2.41. The molecule has 0 saturated carbocycles. The first-order valence-electron chi connectivity index (χ1n) is 12.2. The van der Waals surface area contributed by atoms with Crippen LogP contribution in [-0.4, -0.2) is 53.2 Å². The van der Waals surface area contributed by atoms with E-state index in [9.17, 15) is 39.4 Å². The summed E-state index contributed by atoms with van der Waals surface area (Å²) >= 11 is 8.75. The van der Waals surface area contributed by atoms with Gasteiger partial charge >= 0.3 is 0 Å². The number of nitro groups is 2. The minimum atomic E-state index is -0.670. The molecule has 47 heavy (non-hydrogen) atoms. The average Bonchev–Trinajstić information content (AvgIpc) is 3.63. The Morgan fingerprint density at radius 2 is 1.00 bits per heavy atom. The van der Waals surface area contributed by atoms with Gasteiger partial charge in [0.25, 0.3) is 35.0 Å². The van der Waals surface area contributed by atoms with Crippen LogP contribution in [0.4, 0.5) is 11.4 Å². The van der Waals surface area contributed by atoms with Crippen molar-refractivity contribution in [2.24, 2.45) is 0 Å². The number of benzene rings is 2. The van der Waals surface area contributed by atoms with E-state index in [-0.39, 0.29) is 37.7 Å². The smallest absolute Gasteiger partial charge is 0.283 e. The topological polar surface area (TPSA) is 253 Å². The monoisotopic (exact) mass is 816 g/mol. The summed E-state index contributed by atoms with van der Waals surface area (Å²) in [7, 11) is 2.84. The maximum Gasteiger partial charge on any atom is 0.283 e. The molecule has 0 aliphatic heterocycles. The minimum Gasteiger partial charge on any atom is -0.494 e. The van der Waals surface area contributed by atoms with Gasteiger partial charge in [-0.15, -0.1) is 22.7 Å². The maximum atomic E-state index is 12.0. The zero-order chi connectivity index (χ0) is 34.0. The summed E-state index contributed by atoms with van der Waals surface area (Å²) in [4.78, 5) is 68.6. The molecule has 17 nitrogen and oxygen atoms in total. The van der Waals surface area contributed by atoms with Crippen molar-refractivity contribution in [3.05, 3.63) is 109 Å². The predicted octanol–water partition coefficient (Wildman–Crippen LogP) is 4.18. The lowest BCUT2D eigenvalue weighted by Gasteiger charge is -2.07. The van der Waals surface area contributed by atoms with E-state index in [0.29, 0.717) is 20.4 Å². The molecule has 2 aromatic carbocycles. The second-order valence-electron chi connectivity index (χ2n) is 8.32. The molecule has 248 valence electrons. The predicted molar refractivity (Wildman–Crippen MR) is 177 cm³/mol. The van der Waals surface area contributed by atoms with Gasteiger partial charge in [0.05, 0.1) is 33.0 Å². The van der Waals surface area contributed by atoms with Gasteiger partial charge in [0.1, 0.15) is 9.75 Å². The number of nitrogens with zero attached hydrogens (tertiary/aromatic N) is 2. The highest BCUT2D eigenvalue weighted by molar-refractivity contribution is 9.11. The molecular formula is C26H22Br2N6O11S2. The van der Waals surface area contributed by atoms with Gasteiger partial charge in [-0.05, 0) is 44.0 Å². The highest BCUT2D eigenvalue weighted by Crippen LogP contribution is 2.35. The number of hydrazine groups is 2. The molecule has 0 radical (unpaired) electrons. The number of nitrogens with one attached hydrogen (secondary N) is 4. The van der Waals surface area contributed by atoms with E-state index in [1.807, 2.05) is 0 Å². The maximum absolute atomic E-state index is 12.0. The summed E-state index contributed by atoms with van der Waals surface area (Å²) in [6, 6.07) is 10.3. The Morgan fingerprint density at radius 1 is 0.660 bits per heavy atom. The summed E-state index contributed by atoms with van der Waals surface area (Å²) in [5, 5.41) is 24.7. The third kappa shape index (κ3) is 10.0. The summed E-state index contributed by atoms with van der Waals surface area (Å²) in [6.45, 7) is 0. The first kappa shape index (κ1) is 38.2. The molecule has 4 amide bonds. The number of amides is 4. The van der Waals surface area contributed by atoms with Crippen molar-refractivity contribution < 1.29 is 44.0 Å². The van der Waals surface area contributed by atoms with E-state index in [1.54, 1.807) is 10.8 Å². The number of rotatable bonds is 8. The molecule has 21 heteroatoms. The zero-order valence-electron chi connectivity index (χ0n) is 23.8. The van der Waals surface area contributed by atoms with Crippen molar-refractivity contribution in [3.8, 4) is 11.5 Å². The lowest BCUT2D eigenvalue weighted by atomic mass is 10.2. The van der Waals surface area contributed by atoms with Crippen LogP contribution >= 0.6 is 54.5 Å². The van der Waals surface area contributed by atoms with Gasteiger partial charge in [0.2, 0.25) is 0 Å². The van der Waals surface area contributed by atoms with Gasteiger partial charge in [-0.3, -0.25) is 61.1 Å². The molecule has 2 aromatic heterocycles. The van der Waals surface area contributed by atoms with Crippen molar-refractivity contribution >= 4 is 89.5 Å². The number of hydrogen-bond donors (Lipinski definition) is 4. The molecule has 0 spiro atoms. The van der Waals surface area contributed by atoms with Gasteiger partial charge in [-0.25, -0.2) is 0 Å². The number of hydrogen-bond acceptors (Lipinski definition) is 12. The molecule has 6 N–H and O–H groups in total. The fourth-order valence-electron chi connectivity index (χ4n) is 3.35. The van der Waals surface area contributed by atoms with Crippen LogP contribution < -0.4 is 31.2 Å². The molecule has 0 bridgehead atoms. The van der Waals surface area contributed by atoms with E-state index in [2.05, 4.69) is 53.6 Å². The van der Waals surface area contributed by atoms with E-state index < -0.39 is 33.5 Å². The van der Waals surface area contributed by atoms with Gasteiger partial charge < -0.3 is 14.9 Å². The molecule has 4 rings (SSSR count). The standard InChI is InChI=1S/2C13H10BrN3O5S.H2O/c2*1-22-10-9(14)6-23-11(10)13(19)16-15-12(18)7-3-2-4-8(5-7)17(20)21;/h2*2-6H,1H3,(H,15,18)(H,16,19);1H2. The lowest BCUT2D eigenvalue weighted by molar-refractivity contribution is -0.385. The number of halogens is 2. The molecule has 0 atom stereocenters. The fourth-order valence-corrected chi connectivity index (χ4v) is 6.47. The Morgan fingerprint density at radius 3 is 1.32 bits per heavy atom. The third-order valence-corrected chi connectivity index (χ3v) is 9.15. The zero-order valence-corrected chi connectivity index (χ0v) is 28.6. The summed E-state index contributed by atoms with van der Waals surface area (Å²) in [5.41, 5.74) is 8.55. The number of nitro benzene ring substituents is 2. The van der Waals surface area contributed by atoms with Gasteiger partial charge in [0.15, 0.2) is 11.5 Å². The van der Waals surface area contributed by atoms with Crippen molar-refractivity contribution in [2.75, 3.05) is 14.2 Å². The van der Waals surface area contributed by atoms with Gasteiger partial charge in [-0.2, -0.15) is 0 Å². The Balaban J connectivity index is 0.000000320. The normalized spacial score (nSPS) is 9.79. The van der Waals surface area contributed by atoms with Crippen molar-refractivity contribution in [3.63, 3.8) is 0 Å². The largest absolute Gasteiger partial charge is 0.494 e. The number of ether oxygens (including phenoxy) is 2. The summed E-state index contributed by atoms with van der Waals surface area (Å²) in [6.07, 6.45) is 0. The van der Waals surface area contributed by atoms with E-state index >= 15 is 0 Å². The van der Waals surface area contributed by atoms with Crippen LogP contribution in [0.5, 0.6) is 11.5 Å². The Bertz CT molecular complexity index is 1690. The molecule has 2 heterocycles. The quantitative estimate of drug-likeness (QED) is 0.146. The second-order valence-corrected chi connectivity index (χ2v) is 11.8. The number of thiophene rings is 2. The minimum absolute atomic E-state index is 0. The third-order valence-electron chi connectivity index (χ3n) is 5.44. The molecule has 0 aliphatic carbocycles. The highest BCUT2D eigenvalue weighted by atomic mass is 79.9. The van der Waals surface area contributed by atoms with Crippen LogP contribution in [0, 0.1) is 20.2 Å². The van der Waals surface area contributed by atoms with Crippen molar-refractivity contribution in [1.82, 2.24) is 21.7 Å². The van der Waals surface area contributed by atoms with Crippen molar-refractivity contribution in [1.29, 1.82) is 0 Å². The SMILES string of the molecule is COc1c(Br)csc1C(=O)NNC(=O)c1cccc([N+](=O)[O-])c1.COc1c(Br)csc1C(=O)NNC(=O)c1cccc([N+](=O)[O-])c1.O. The summed E-state index contributed by atoms with van der Waals surface area (Å²) < 4.78 is 11.4. The number of carbonyl (C=O) groups is 4. The van der Waals surface area contributed by atoms with Crippen molar-refractivity contribution in [2.45, 2.75) is 0 Å². The number of methoxy groups -OCH3 is 2. The Labute approximate surface area is 289 Å². The van der Waals surface area contributed by atoms with Crippen LogP contribution in [0.25, 0.3) is 0 Å².